The van der Waals surface area contributed by atoms with Crippen LogP contribution in [0.2, 0.25) is 0 Å². The lowest BCUT2D eigenvalue weighted by Crippen LogP contribution is -2.38. The van der Waals surface area contributed by atoms with Crippen LogP contribution in [0.1, 0.15) is 19.3 Å². The van der Waals surface area contributed by atoms with Crippen molar-refractivity contribution in [2.45, 2.75) is 25.4 Å². The van der Waals surface area contributed by atoms with E-state index in [1.807, 2.05) is 0 Å². The van der Waals surface area contributed by atoms with E-state index in [1.54, 1.807) is 0 Å². The third-order valence-corrected chi connectivity index (χ3v) is 2.30. The summed E-state index contributed by atoms with van der Waals surface area (Å²) in [6.07, 6.45) is 4.72. The van der Waals surface area contributed by atoms with Crippen LogP contribution in [0.4, 0.5) is 0 Å². The van der Waals surface area contributed by atoms with E-state index in [0.717, 1.165) is 25.6 Å². The van der Waals surface area contributed by atoms with Crippen LogP contribution < -0.4 is 5.32 Å². The van der Waals surface area contributed by atoms with Crippen LogP contribution >= 0.6 is 0 Å². The molecule has 2 fully saturated rings. The van der Waals surface area contributed by atoms with Crippen LogP contribution in [-0.4, -0.2) is 25.8 Å². The van der Waals surface area contributed by atoms with Gasteiger partial charge in [0, 0.05) is 13.1 Å². The minimum Gasteiger partial charge on any atom is -0.376 e. The smallest absolute Gasteiger partial charge is 0.0702 e. The fourth-order valence-electron chi connectivity index (χ4n) is 1.50. The molecule has 0 unspecified atom stereocenters. The van der Waals surface area contributed by atoms with Crippen molar-refractivity contribution in [3.63, 3.8) is 0 Å². The number of ether oxygens (including phenoxy) is 1. The molecule has 58 valence electrons. The summed E-state index contributed by atoms with van der Waals surface area (Å²) in [4.78, 5) is 0. The van der Waals surface area contributed by atoms with Crippen LogP contribution in [-0.2, 0) is 4.74 Å². The molecule has 0 spiro atoms. The zero-order chi connectivity index (χ0) is 6.81. The molecular formula is C8H15NO. The van der Waals surface area contributed by atoms with Gasteiger partial charge >= 0.3 is 0 Å². The highest BCUT2D eigenvalue weighted by Crippen LogP contribution is 2.34. The maximum atomic E-state index is 5.57. The molecule has 2 aliphatic rings. The third-order valence-electron chi connectivity index (χ3n) is 2.30. The van der Waals surface area contributed by atoms with Gasteiger partial charge in [-0.15, -0.1) is 0 Å². The van der Waals surface area contributed by atoms with Crippen LogP contribution in [0.5, 0.6) is 0 Å². The molecule has 0 aromatic heterocycles. The lowest BCUT2D eigenvalue weighted by molar-refractivity contribution is 0.0202. The summed E-state index contributed by atoms with van der Waals surface area (Å²) in [6, 6.07) is 0. The molecule has 1 atom stereocenters. The normalized spacial score (nSPS) is 34.2. The highest BCUT2D eigenvalue weighted by atomic mass is 16.5. The monoisotopic (exact) mass is 141 g/mol. The molecule has 2 heteroatoms. The maximum Gasteiger partial charge on any atom is 0.0702 e. The molecule has 0 aromatic carbocycles. The zero-order valence-corrected chi connectivity index (χ0v) is 6.31. The summed E-state index contributed by atoms with van der Waals surface area (Å²) in [6.45, 7) is 3.04. The molecule has 1 aliphatic carbocycles. The van der Waals surface area contributed by atoms with E-state index in [4.69, 9.17) is 4.74 Å². The molecule has 10 heavy (non-hydrogen) atoms. The second kappa shape index (κ2) is 2.89. The predicted octanol–water partition coefficient (Wildman–Crippen LogP) is 0.775. The van der Waals surface area contributed by atoms with Crippen molar-refractivity contribution in [1.29, 1.82) is 0 Å². The molecule has 1 N–H and O–H groups in total. The Morgan fingerprint density at radius 3 is 2.90 bits per heavy atom. The quantitative estimate of drug-likeness (QED) is 0.613. The van der Waals surface area contributed by atoms with Crippen molar-refractivity contribution < 1.29 is 4.74 Å². The van der Waals surface area contributed by atoms with Crippen LogP contribution in [0, 0.1) is 5.92 Å². The largest absolute Gasteiger partial charge is 0.376 e. The second-order valence-electron chi connectivity index (χ2n) is 3.38. The van der Waals surface area contributed by atoms with Gasteiger partial charge < -0.3 is 10.1 Å². The van der Waals surface area contributed by atoms with Crippen molar-refractivity contribution in [2.75, 3.05) is 19.7 Å². The fraction of sp³-hybridized carbons (Fsp3) is 1.00. The van der Waals surface area contributed by atoms with E-state index in [0.29, 0.717) is 6.10 Å². The van der Waals surface area contributed by atoms with E-state index < -0.39 is 0 Å². The third kappa shape index (κ3) is 1.70. The minimum atomic E-state index is 0.529. The number of hydrogen-bond donors (Lipinski definition) is 1. The summed E-state index contributed by atoms with van der Waals surface area (Å²) in [5.74, 6) is 1.00. The first-order valence-corrected chi connectivity index (χ1v) is 4.27. The van der Waals surface area contributed by atoms with Gasteiger partial charge in [0.15, 0.2) is 0 Å². The minimum absolute atomic E-state index is 0.529. The van der Waals surface area contributed by atoms with E-state index >= 15 is 0 Å². The van der Waals surface area contributed by atoms with E-state index in [-0.39, 0.29) is 0 Å². The molecular weight excluding hydrogens is 126 g/mol. The van der Waals surface area contributed by atoms with Gasteiger partial charge in [0.05, 0.1) is 12.7 Å². The fourth-order valence-corrected chi connectivity index (χ4v) is 1.50. The van der Waals surface area contributed by atoms with Gasteiger partial charge in [0.2, 0.25) is 0 Å². The molecule has 0 aromatic rings. The van der Waals surface area contributed by atoms with Gasteiger partial charge in [-0.25, -0.2) is 0 Å². The molecule has 2 rings (SSSR count). The number of hydrogen-bond acceptors (Lipinski definition) is 2. The summed E-state index contributed by atoms with van der Waals surface area (Å²) in [5.41, 5.74) is 0. The Kier molecular flexibility index (Phi) is 1.91. The van der Waals surface area contributed by atoms with Gasteiger partial charge in [0.1, 0.15) is 0 Å². The summed E-state index contributed by atoms with van der Waals surface area (Å²) in [7, 11) is 0. The molecule has 1 saturated heterocycles. The molecule has 0 amide bonds. The van der Waals surface area contributed by atoms with E-state index in [2.05, 4.69) is 5.32 Å². The van der Waals surface area contributed by atoms with Gasteiger partial charge in [0.25, 0.3) is 0 Å². The van der Waals surface area contributed by atoms with Crippen LogP contribution in [0.25, 0.3) is 0 Å². The first-order chi connectivity index (χ1) is 4.95. The van der Waals surface area contributed by atoms with Gasteiger partial charge in [-0.2, -0.15) is 0 Å². The Labute approximate surface area is 61.9 Å². The van der Waals surface area contributed by atoms with Crippen molar-refractivity contribution in [3.8, 4) is 0 Å². The lowest BCUT2D eigenvalue weighted by atomic mass is 10.1. The zero-order valence-electron chi connectivity index (χ0n) is 6.31. The molecule has 2 nitrogen and oxygen atoms in total. The molecule has 1 aliphatic heterocycles. The lowest BCUT2D eigenvalue weighted by Gasteiger charge is -2.23. The summed E-state index contributed by atoms with van der Waals surface area (Å²) < 4.78 is 5.57. The Morgan fingerprint density at radius 2 is 2.30 bits per heavy atom. The first kappa shape index (κ1) is 6.62. The molecule has 1 saturated carbocycles. The Bertz CT molecular complexity index is 106. The Balaban J connectivity index is 1.69. The highest BCUT2D eigenvalue weighted by molar-refractivity contribution is 4.79. The molecule has 0 radical (unpaired) electrons. The Morgan fingerprint density at radius 1 is 1.40 bits per heavy atom. The topological polar surface area (TPSA) is 21.3 Å². The van der Waals surface area contributed by atoms with E-state index in [1.165, 1.54) is 19.3 Å². The summed E-state index contributed by atoms with van der Waals surface area (Å²) >= 11 is 0. The number of rotatable bonds is 2. The number of morpholine rings is 1. The predicted molar refractivity (Wildman–Crippen MR) is 40.0 cm³/mol. The molecule has 0 bridgehead atoms. The van der Waals surface area contributed by atoms with Gasteiger partial charge in [-0.3, -0.25) is 0 Å². The second-order valence-corrected chi connectivity index (χ2v) is 3.38. The van der Waals surface area contributed by atoms with Crippen LogP contribution in [0.15, 0.2) is 0 Å². The van der Waals surface area contributed by atoms with Crippen molar-refractivity contribution in [2.24, 2.45) is 5.92 Å². The maximum absolute atomic E-state index is 5.57. The van der Waals surface area contributed by atoms with Crippen molar-refractivity contribution in [1.82, 2.24) is 5.32 Å². The SMILES string of the molecule is C1CO[C@@H](CC2CC2)CN1. The summed E-state index contributed by atoms with van der Waals surface area (Å²) in [5, 5.41) is 3.34. The first-order valence-electron chi connectivity index (χ1n) is 4.27. The number of nitrogens with one attached hydrogen (secondary N) is 1. The average molecular weight is 141 g/mol. The Hall–Kier alpha value is -0.0800. The standard InChI is InChI=1S/C8H15NO/c1-2-7(1)5-8-6-9-3-4-10-8/h7-9H,1-6H2/t8-/m0/s1. The van der Waals surface area contributed by atoms with Crippen molar-refractivity contribution in [3.05, 3.63) is 0 Å². The van der Waals surface area contributed by atoms with E-state index in [9.17, 15) is 0 Å². The van der Waals surface area contributed by atoms with Crippen LogP contribution in [0.3, 0.4) is 0 Å². The van der Waals surface area contributed by atoms with Crippen molar-refractivity contribution >= 4 is 0 Å². The highest BCUT2D eigenvalue weighted by Gasteiger charge is 2.26. The van der Waals surface area contributed by atoms with Gasteiger partial charge in [-0.1, -0.05) is 12.8 Å². The average Bonchev–Trinajstić information content (AvgIpc) is 2.74. The van der Waals surface area contributed by atoms with Gasteiger partial charge in [-0.05, 0) is 12.3 Å². The molecule has 1 heterocycles.